The Hall–Kier alpha value is -1.63. The predicted molar refractivity (Wildman–Crippen MR) is 73.4 cm³/mol. The summed E-state index contributed by atoms with van der Waals surface area (Å²) in [5.41, 5.74) is -0.535. The van der Waals surface area contributed by atoms with Crippen LogP contribution in [0.1, 0.15) is 20.3 Å². The van der Waals surface area contributed by atoms with E-state index in [2.05, 4.69) is 5.32 Å². The molecule has 3 rings (SSSR count). The highest BCUT2D eigenvalue weighted by atomic mass is 16.4. The molecule has 0 aromatic rings. The molecule has 3 fully saturated rings. The van der Waals surface area contributed by atoms with E-state index in [1.165, 1.54) is 4.90 Å². The molecule has 3 aliphatic heterocycles. The van der Waals surface area contributed by atoms with Crippen LogP contribution in [-0.4, -0.2) is 71.0 Å². The molecule has 0 aliphatic carbocycles. The number of aliphatic carboxylic acids is 1. The summed E-state index contributed by atoms with van der Waals surface area (Å²) in [5.74, 6) is -1.12. The first kappa shape index (κ1) is 14.3. The van der Waals surface area contributed by atoms with Crippen LogP contribution >= 0.6 is 0 Å². The van der Waals surface area contributed by atoms with Crippen molar-refractivity contribution < 1.29 is 19.5 Å². The van der Waals surface area contributed by atoms with Gasteiger partial charge in [-0.05, 0) is 12.3 Å². The smallest absolute Gasteiger partial charge is 0.326 e. The van der Waals surface area contributed by atoms with Crippen molar-refractivity contribution in [2.24, 2.45) is 11.3 Å². The lowest BCUT2D eigenvalue weighted by atomic mass is 9.78. The third-order valence-corrected chi connectivity index (χ3v) is 4.77. The minimum Gasteiger partial charge on any atom is -0.480 e. The van der Waals surface area contributed by atoms with Gasteiger partial charge < -0.3 is 20.2 Å². The third kappa shape index (κ3) is 2.19. The summed E-state index contributed by atoms with van der Waals surface area (Å²) in [6.45, 7) is 5.68. The van der Waals surface area contributed by atoms with Crippen LogP contribution in [0.2, 0.25) is 0 Å². The topological polar surface area (TPSA) is 99.9 Å². The van der Waals surface area contributed by atoms with Gasteiger partial charge >= 0.3 is 5.97 Å². The summed E-state index contributed by atoms with van der Waals surface area (Å²) in [4.78, 5) is 39.1. The van der Waals surface area contributed by atoms with E-state index in [4.69, 9.17) is 0 Å². The molecule has 0 unspecified atom stereocenters. The van der Waals surface area contributed by atoms with E-state index in [0.717, 1.165) is 6.54 Å². The average molecular weight is 295 g/mol. The molecule has 116 valence electrons. The largest absolute Gasteiger partial charge is 0.480 e. The predicted octanol–water partition coefficient (Wildman–Crippen LogP) is -0.872. The Morgan fingerprint density at radius 2 is 2.00 bits per heavy atom. The number of likely N-dealkylation sites (tertiary alicyclic amines) is 2. The van der Waals surface area contributed by atoms with Crippen LogP contribution in [0.5, 0.6) is 0 Å². The van der Waals surface area contributed by atoms with E-state index in [1.807, 2.05) is 13.8 Å². The summed E-state index contributed by atoms with van der Waals surface area (Å²) in [5, 5.41) is 12.3. The Morgan fingerprint density at radius 1 is 1.38 bits per heavy atom. The average Bonchev–Trinajstić information content (AvgIpc) is 3.13. The van der Waals surface area contributed by atoms with Crippen LogP contribution in [0, 0.1) is 11.3 Å². The van der Waals surface area contributed by atoms with Gasteiger partial charge in [-0.15, -0.1) is 0 Å². The fourth-order valence-electron chi connectivity index (χ4n) is 3.48. The van der Waals surface area contributed by atoms with Crippen molar-refractivity contribution in [1.29, 1.82) is 0 Å². The van der Waals surface area contributed by atoms with Crippen LogP contribution in [0.15, 0.2) is 0 Å². The number of rotatable bonds is 4. The molecular weight excluding hydrogens is 274 g/mol. The Bertz CT molecular complexity index is 494. The highest BCUT2D eigenvalue weighted by molar-refractivity contribution is 5.93. The van der Waals surface area contributed by atoms with Crippen molar-refractivity contribution >= 4 is 17.8 Å². The molecule has 3 aliphatic rings. The number of carbonyl (C=O) groups is 3. The Kier molecular flexibility index (Phi) is 3.20. The van der Waals surface area contributed by atoms with Gasteiger partial charge in [0.15, 0.2) is 0 Å². The lowest BCUT2D eigenvalue weighted by molar-refractivity contribution is -0.160. The van der Waals surface area contributed by atoms with E-state index in [0.29, 0.717) is 26.1 Å². The van der Waals surface area contributed by atoms with Crippen molar-refractivity contribution in [1.82, 2.24) is 15.1 Å². The van der Waals surface area contributed by atoms with Crippen molar-refractivity contribution in [2.75, 3.05) is 26.2 Å². The molecule has 3 heterocycles. The van der Waals surface area contributed by atoms with Gasteiger partial charge in [-0.1, -0.05) is 13.8 Å². The third-order valence-electron chi connectivity index (χ3n) is 4.77. The van der Waals surface area contributed by atoms with Gasteiger partial charge in [0.25, 0.3) is 0 Å². The maximum atomic E-state index is 12.6. The zero-order valence-electron chi connectivity index (χ0n) is 12.3. The van der Waals surface area contributed by atoms with Crippen LogP contribution in [-0.2, 0) is 14.4 Å². The van der Waals surface area contributed by atoms with E-state index >= 15 is 0 Å². The molecule has 0 radical (unpaired) electrons. The lowest BCUT2D eigenvalue weighted by Crippen LogP contribution is -2.63. The highest BCUT2D eigenvalue weighted by Gasteiger charge is 2.58. The first-order chi connectivity index (χ1) is 9.85. The van der Waals surface area contributed by atoms with Crippen molar-refractivity contribution in [3.8, 4) is 0 Å². The number of carboxylic acid groups (broad SMARTS) is 1. The first-order valence-corrected chi connectivity index (χ1v) is 7.42. The monoisotopic (exact) mass is 295 g/mol. The maximum absolute atomic E-state index is 12.6. The second-order valence-electron chi connectivity index (χ2n) is 6.71. The Labute approximate surface area is 123 Å². The highest BCUT2D eigenvalue weighted by Crippen LogP contribution is 2.42. The van der Waals surface area contributed by atoms with Gasteiger partial charge in [-0.2, -0.15) is 0 Å². The Balaban J connectivity index is 1.67. The molecule has 7 nitrogen and oxygen atoms in total. The SMILES string of the molecule is CC(C)[C@@H](C(=O)O)N1CCC2(CN(C(=O)[C@H]3CN3)C2)C1=O. The van der Waals surface area contributed by atoms with Gasteiger partial charge in [-0.25, -0.2) is 4.79 Å². The van der Waals surface area contributed by atoms with Gasteiger partial charge in [0.1, 0.15) is 6.04 Å². The summed E-state index contributed by atoms with van der Waals surface area (Å²) in [7, 11) is 0. The number of nitrogens with one attached hydrogen (secondary N) is 1. The fourth-order valence-corrected chi connectivity index (χ4v) is 3.48. The minimum absolute atomic E-state index is 0.0607. The van der Waals surface area contributed by atoms with Gasteiger partial charge in [-0.3, -0.25) is 9.59 Å². The molecule has 3 saturated heterocycles. The number of amides is 2. The quantitative estimate of drug-likeness (QED) is 0.657. The molecule has 2 amide bonds. The van der Waals surface area contributed by atoms with E-state index in [-0.39, 0.29) is 23.8 Å². The normalized spacial score (nSPS) is 28.0. The molecule has 0 aromatic heterocycles. The molecule has 0 saturated carbocycles. The molecule has 7 heteroatoms. The van der Waals surface area contributed by atoms with Crippen LogP contribution in [0.4, 0.5) is 0 Å². The Morgan fingerprint density at radius 3 is 2.48 bits per heavy atom. The van der Waals surface area contributed by atoms with Crippen LogP contribution in [0.3, 0.4) is 0 Å². The van der Waals surface area contributed by atoms with Crippen molar-refractivity contribution in [3.63, 3.8) is 0 Å². The van der Waals surface area contributed by atoms with Gasteiger partial charge in [0.05, 0.1) is 11.5 Å². The zero-order chi connectivity index (χ0) is 15.4. The fraction of sp³-hybridized carbons (Fsp3) is 0.786. The molecule has 21 heavy (non-hydrogen) atoms. The number of hydrogen-bond donors (Lipinski definition) is 2. The van der Waals surface area contributed by atoms with Gasteiger partial charge in [0, 0.05) is 26.2 Å². The lowest BCUT2D eigenvalue weighted by Gasteiger charge is -2.46. The molecule has 2 N–H and O–H groups in total. The van der Waals surface area contributed by atoms with E-state index in [9.17, 15) is 19.5 Å². The standard InChI is InChI=1S/C14H21N3O4/c1-8(2)10(12(19)20)17-4-3-14(13(17)21)6-16(7-14)11(18)9-5-15-9/h8-10,15H,3-7H2,1-2H3,(H,19,20)/t9-,10+/m1/s1. The second-order valence-corrected chi connectivity index (χ2v) is 6.71. The van der Waals surface area contributed by atoms with Crippen LogP contribution < -0.4 is 5.32 Å². The zero-order valence-corrected chi connectivity index (χ0v) is 12.3. The second kappa shape index (κ2) is 4.69. The number of carboxylic acids is 1. The van der Waals surface area contributed by atoms with Crippen molar-refractivity contribution in [2.45, 2.75) is 32.4 Å². The number of hydrogen-bond acceptors (Lipinski definition) is 4. The van der Waals surface area contributed by atoms with Crippen LogP contribution in [0.25, 0.3) is 0 Å². The molecule has 1 spiro atoms. The number of nitrogens with zero attached hydrogens (tertiary/aromatic N) is 2. The molecule has 0 aromatic carbocycles. The van der Waals surface area contributed by atoms with E-state index < -0.39 is 17.4 Å². The van der Waals surface area contributed by atoms with Gasteiger partial charge in [0.2, 0.25) is 11.8 Å². The maximum Gasteiger partial charge on any atom is 0.326 e. The molecule has 0 bridgehead atoms. The summed E-state index contributed by atoms with van der Waals surface area (Å²) in [6, 6.07) is -0.843. The number of carbonyl (C=O) groups excluding carboxylic acids is 2. The minimum atomic E-state index is -0.954. The summed E-state index contributed by atoms with van der Waals surface area (Å²) in [6.07, 6.45) is 0.643. The molecule has 2 atom stereocenters. The molecular formula is C14H21N3O4. The summed E-state index contributed by atoms with van der Waals surface area (Å²) >= 11 is 0. The van der Waals surface area contributed by atoms with Crippen molar-refractivity contribution in [3.05, 3.63) is 0 Å². The summed E-state index contributed by atoms with van der Waals surface area (Å²) < 4.78 is 0. The van der Waals surface area contributed by atoms with E-state index in [1.54, 1.807) is 4.90 Å². The first-order valence-electron chi connectivity index (χ1n) is 7.42.